The van der Waals surface area contributed by atoms with E-state index in [0.717, 1.165) is 0 Å². The van der Waals surface area contributed by atoms with Crippen molar-refractivity contribution in [2.45, 2.75) is 11.9 Å². The molecule has 4 rings (SSSR count). The van der Waals surface area contributed by atoms with Gasteiger partial charge in [-0.25, -0.2) is 13.2 Å². The summed E-state index contributed by atoms with van der Waals surface area (Å²) in [6, 6.07) is 21.8. The summed E-state index contributed by atoms with van der Waals surface area (Å²) < 4.78 is 38.3. The molecule has 1 heterocycles. The SMILES string of the molecule is COC(=O)c1cccc(NC(=O)C2CN(S(=O)(=O)Cc3ccccc3)c3ccccc3O2)c1. The van der Waals surface area contributed by atoms with Crippen LogP contribution in [0.1, 0.15) is 15.9 Å². The average molecular weight is 467 g/mol. The summed E-state index contributed by atoms with van der Waals surface area (Å²) in [5, 5.41) is 2.69. The molecule has 8 nitrogen and oxygen atoms in total. The largest absolute Gasteiger partial charge is 0.476 e. The second-order valence-electron chi connectivity index (χ2n) is 7.41. The van der Waals surface area contributed by atoms with Crippen molar-refractivity contribution in [3.8, 4) is 5.75 Å². The van der Waals surface area contributed by atoms with Crippen LogP contribution < -0.4 is 14.4 Å². The zero-order valence-electron chi connectivity index (χ0n) is 17.8. The molecular formula is C24H22N2O6S. The fourth-order valence-corrected chi connectivity index (χ4v) is 5.11. The fourth-order valence-electron chi connectivity index (χ4n) is 3.53. The second kappa shape index (κ2) is 9.33. The van der Waals surface area contributed by atoms with Crippen LogP contribution in [-0.2, 0) is 25.3 Å². The van der Waals surface area contributed by atoms with Gasteiger partial charge in [-0.2, -0.15) is 0 Å². The number of hydrogen-bond acceptors (Lipinski definition) is 6. The first kappa shape index (κ1) is 22.3. The van der Waals surface area contributed by atoms with Crippen LogP contribution >= 0.6 is 0 Å². The zero-order valence-corrected chi connectivity index (χ0v) is 18.6. The molecule has 3 aromatic carbocycles. The second-order valence-corrected chi connectivity index (χ2v) is 9.30. The predicted octanol–water partition coefficient (Wildman–Crippen LogP) is 3.21. The van der Waals surface area contributed by atoms with Crippen molar-refractivity contribution in [3.05, 3.63) is 90.0 Å². The lowest BCUT2D eigenvalue weighted by Crippen LogP contribution is -2.49. The maximum absolute atomic E-state index is 13.3. The van der Waals surface area contributed by atoms with Gasteiger partial charge >= 0.3 is 5.97 Å². The number of carbonyl (C=O) groups excluding carboxylic acids is 2. The summed E-state index contributed by atoms with van der Waals surface area (Å²) in [4.78, 5) is 24.7. The zero-order chi connectivity index (χ0) is 23.4. The van der Waals surface area contributed by atoms with Gasteiger partial charge in [-0.15, -0.1) is 0 Å². The number of carbonyl (C=O) groups is 2. The van der Waals surface area contributed by atoms with E-state index in [1.807, 2.05) is 6.07 Å². The van der Waals surface area contributed by atoms with Crippen molar-refractivity contribution in [1.29, 1.82) is 0 Å². The summed E-state index contributed by atoms with van der Waals surface area (Å²) in [5.41, 5.74) is 1.66. The molecule has 1 aliphatic rings. The Morgan fingerprint density at radius 2 is 1.76 bits per heavy atom. The lowest BCUT2D eigenvalue weighted by molar-refractivity contribution is -0.122. The van der Waals surface area contributed by atoms with E-state index in [4.69, 9.17) is 9.47 Å². The normalized spacial score (nSPS) is 15.2. The maximum Gasteiger partial charge on any atom is 0.337 e. The van der Waals surface area contributed by atoms with E-state index in [2.05, 4.69) is 5.32 Å². The van der Waals surface area contributed by atoms with Gasteiger partial charge in [0, 0.05) is 5.69 Å². The molecule has 1 N–H and O–H groups in total. The van der Waals surface area contributed by atoms with Crippen molar-refractivity contribution in [1.82, 2.24) is 0 Å². The van der Waals surface area contributed by atoms with Gasteiger partial charge < -0.3 is 14.8 Å². The number of methoxy groups -OCH3 is 1. The van der Waals surface area contributed by atoms with Gasteiger partial charge in [0.25, 0.3) is 5.91 Å². The smallest absolute Gasteiger partial charge is 0.337 e. The Morgan fingerprint density at radius 1 is 1.03 bits per heavy atom. The van der Waals surface area contributed by atoms with Crippen LogP contribution in [-0.4, -0.2) is 40.1 Å². The Balaban J connectivity index is 1.58. The molecule has 3 aromatic rings. The van der Waals surface area contributed by atoms with Crippen molar-refractivity contribution in [2.24, 2.45) is 0 Å². The number of hydrogen-bond donors (Lipinski definition) is 1. The van der Waals surface area contributed by atoms with Crippen molar-refractivity contribution < 1.29 is 27.5 Å². The highest BCUT2D eigenvalue weighted by atomic mass is 32.2. The molecular weight excluding hydrogens is 444 g/mol. The van der Waals surface area contributed by atoms with Gasteiger partial charge in [-0.3, -0.25) is 9.10 Å². The van der Waals surface area contributed by atoms with Gasteiger partial charge in [-0.05, 0) is 35.9 Å². The molecule has 0 spiro atoms. The molecule has 0 fully saturated rings. The third kappa shape index (κ3) is 4.98. The highest BCUT2D eigenvalue weighted by Crippen LogP contribution is 2.36. The number of esters is 1. The van der Waals surface area contributed by atoms with Gasteiger partial charge in [-0.1, -0.05) is 48.5 Å². The Labute approximate surface area is 191 Å². The molecule has 1 aliphatic heterocycles. The number of para-hydroxylation sites is 2. The van der Waals surface area contributed by atoms with E-state index in [9.17, 15) is 18.0 Å². The molecule has 0 saturated heterocycles. The molecule has 0 bridgehead atoms. The first-order valence-corrected chi connectivity index (χ1v) is 11.8. The standard InChI is InChI=1S/C24H22N2O6S/c1-31-24(28)18-10-7-11-19(14-18)25-23(27)22-15-26(20-12-5-6-13-21(20)32-22)33(29,30)16-17-8-3-2-4-9-17/h2-14,22H,15-16H2,1H3,(H,25,27). The van der Waals surface area contributed by atoms with Gasteiger partial charge in [0.15, 0.2) is 6.10 Å². The van der Waals surface area contributed by atoms with Crippen LogP contribution in [0.3, 0.4) is 0 Å². The highest BCUT2D eigenvalue weighted by molar-refractivity contribution is 7.92. The summed E-state index contributed by atoms with van der Waals surface area (Å²) in [7, 11) is -2.53. The fraction of sp³-hybridized carbons (Fsp3) is 0.167. The monoisotopic (exact) mass is 466 g/mol. The Kier molecular flexibility index (Phi) is 6.32. The third-order valence-corrected chi connectivity index (χ3v) is 6.82. The quantitative estimate of drug-likeness (QED) is 0.560. The lowest BCUT2D eigenvalue weighted by Gasteiger charge is -2.34. The van der Waals surface area contributed by atoms with E-state index in [1.54, 1.807) is 66.7 Å². The van der Waals surface area contributed by atoms with Crippen LogP contribution in [0.2, 0.25) is 0 Å². The van der Waals surface area contributed by atoms with Crippen molar-refractivity contribution in [3.63, 3.8) is 0 Å². The number of rotatable bonds is 6. The topological polar surface area (TPSA) is 102 Å². The molecule has 1 unspecified atom stereocenters. The van der Waals surface area contributed by atoms with Crippen LogP contribution in [0.15, 0.2) is 78.9 Å². The number of fused-ring (bicyclic) bond motifs is 1. The molecule has 1 amide bonds. The number of sulfonamides is 1. The maximum atomic E-state index is 13.3. The van der Waals surface area contributed by atoms with E-state index in [-0.39, 0.29) is 17.9 Å². The van der Waals surface area contributed by atoms with Crippen LogP contribution in [0.5, 0.6) is 5.75 Å². The van der Waals surface area contributed by atoms with E-state index >= 15 is 0 Å². The third-order valence-electron chi connectivity index (χ3n) is 5.11. The van der Waals surface area contributed by atoms with Crippen LogP contribution in [0.25, 0.3) is 0 Å². The van der Waals surface area contributed by atoms with Crippen LogP contribution in [0, 0.1) is 0 Å². The summed E-state index contributed by atoms with van der Waals surface area (Å²) in [5.74, 6) is -0.986. The number of nitrogens with zero attached hydrogens (tertiary/aromatic N) is 1. The van der Waals surface area contributed by atoms with Gasteiger partial charge in [0.2, 0.25) is 10.0 Å². The molecule has 0 saturated carbocycles. The molecule has 33 heavy (non-hydrogen) atoms. The molecule has 0 aliphatic carbocycles. The number of ether oxygens (including phenoxy) is 2. The van der Waals surface area contributed by atoms with Crippen LogP contribution in [0.4, 0.5) is 11.4 Å². The van der Waals surface area contributed by atoms with E-state index in [1.165, 1.54) is 17.5 Å². The van der Waals surface area contributed by atoms with Gasteiger partial charge in [0.05, 0.1) is 30.7 Å². The minimum atomic E-state index is -3.80. The predicted molar refractivity (Wildman–Crippen MR) is 124 cm³/mol. The van der Waals surface area contributed by atoms with E-state index < -0.39 is 28.0 Å². The minimum absolute atomic E-state index is 0.186. The molecule has 0 radical (unpaired) electrons. The lowest BCUT2D eigenvalue weighted by atomic mass is 10.2. The summed E-state index contributed by atoms with van der Waals surface area (Å²) >= 11 is 0. The Bertz CT molecular complexity index is 1280. The number of benzene rings is 3. The van der Waals surface area contributed by atoms with Gasteiger partial charge in [0.1, 0.15) is 5.75 Å². The average Bonchev–Trinajstić information content (AvgIpc) is 2.83. The first-order chi connectivity index (χ1) is 15.9. The number of nitrogens with one attached hydrogen (secondary N) is 1. The molecule has 170 valence electrons. The number of anilines is 2. The molecule has 1 atom stereocenters. The van der Waals surface area contributed by atoms with Crippen molar-refractivity contribution in [2.75, 3.05) is 23.3 Å². The first-order valence-electron chi connectivity index (χ1n) is 10.2. The Morgan fingerprint density at radius 3 is 2.52 bits per heavy atom. The van der Waals surface area contributed by atoms with Crippen molar-refractivity contribution >= 4 is 33.3 Å². The molecule has 9 heteroatoms. The summed E-state index contributed by atoms with van der Waals surface area (Å²) in [6.07, 6.45) is -1.09. The molecule has 0 aromatic heterocycles. The number of amides is 1. The Hall–Kier alpha value is -3.85. The summed E-state index contributed by atoms with van der Waals surface area (Å²) in [6.45, 7) is -0.186. The minimum Gasteiger partial charge on any atom is -0.476 e. The highest BCUT2D eigenvalue weighted by Gasteiger charge is 2.36. The van der Waals surface area contributed by atoms with E-state index in [0.29, 0.717) is 22.7 Å².